The summed E-state index contributed by atoms with van der Waals surface area (Å²) in [5.74, 6) is 0.684. The molecule has 0 saturated heterocycles. The van der Waals surface area contributed by atoms with Crippen LogP contribution in [0.3, 0.4) is 0 Å². The second kappa shape index (κ2) is 4.57. The maximum absolute atomic E-state index is 11.9. The van der Waals surface area contributed by atoms with Crippen molar-refractivity contribution < 1.29 is 9.21 Å². The molecule has 0 bridgehead atoms. The molecule has 90 valence electrons. The average molecular weight is 232 g/mol. The van der Waals surface area contributed by atoms with Crippen LogP contribution in [0.15, 0.2) is 22.3 Å². The van der Waals surface area contributed by atoms with E-state index in [2.05, 4.69) is 5.32 Å². The van der Waals surface area contributed by atoms with E-state index in [4.69, 9.17) is 9.83 Å². The van der Waals surface area contributed by atoms with E-state index in [0.29, 0.717) is 35.6 Å². The lowest BCUT2D eigenvalue weighted by Crippen LogP contribution is -2.23. The Bertz CT molecular complexity index is 479. The Kier molecular flexibility index (Phi) is 3.13. The lowest BCUT2D eigenvalue weighted by atomic mass is 9.89. The van der Waals surface area contributed by atoms with E-state index < -0.39 is 0 Å². The third-order valence-corrected chi connectivity index (χ3v) is 3.00. The normalized spacial score (nSPS) is 19.4. The van der Waals surface area contributed by atoms with Gasteiger partial charge in [0.25, 0.3) is 0 Å². The van der Waals surface area contributed by atoms with Crippen molar-refractivity contribution in [3.8, 4) is 0 Å². The molecule has 2 N–H and O–H groups in total. The number of hydrogen-bond acceptors (Lipinski definition) is 4. The largest absolute Gasteiger partial charge is 0.463 e. The van der Waals surface area contributed by atoms with Crippen molar-refractivity contribution in [3.63, 3.8) is 0 Å². The van der Waals surface area contributed by atoms with Crippen LogP contribution in [0.25, 0.3) is 5.70 Å². The zero-order valence-corrected chi connectivity index (χ0v) is 10.1. The molecule has 0 spiro atoms. The molecule has 1 heterocycles. The SMILES string of the molecule is CN/C(=C1\C(=N)CCCC1=O)c1occc1C. The monoisotopic (exact) mass is 232 g/mol. The van der Waals surface area contributed by atoms with Crippen molar-refractivity contribution in [3.05, 3.63) is 29.2 Å². The molecule has 0 radical (unpaired) electrons. The van der Waals surface area contributed by atoms with Crippen LogP contribution in [0.1, 0.15) is 30.6 Å². The fourth-order valence-electron chi connectivity index (χ4n) is 2.12. The van der Waals surface area contributed by atoms with Crippen LogP contribution in [0.2, 0.25) is 0 Å². The zero-order valence-electron chi connectivity index (χ0n) is 10.1. The van der Waals surface area contributed by atoms with Gasteiger partial charge in [-0.1, -0.05) is 0 Å². The summed E-state index contributed by atoms with van der Waals surface area (Å²) >= 11 is 0. The minimum absolute atomic E-state index is 0.0291. The van der Waals surface area contributed by atoms with Gasteiger partial charge >= 0.3 is 0 Å². The summed E-state index contributed by atoms with van der Waals surface area (Å²) in [4.78, 5) is 11.9. The highest BCUT2D eigenvalue weighted by molar-refractivity contribution is 6.27. The van der Waals surface area contributed by atoms with Gasteiger partial charge in [-0.15, -0.1) is 0 Å². The molecule has 0 atom stereocenters. The van der Waals surface area contributed by atoms with E-state index in [-0.39, 0.29) is 5.78 Å². The zero-order chi connectivity index (χ0) is 12.4. The third-order valence-electron chi connectivity index (χ3n) is 3.00. The summed E-state index contributed by atoms with van der Waals surface area (Å²) in [6, 6.07) is 1.85. The number of nitrogens with one attached hydrogen (secondary N) is 2. The van der Waals surface area contributed by atoms with Crippen LogP contribution in [0.5, 0.6) is 0 Å². The van der Waals surface area contributed by atoms with E-state index in [9.17, 15) is 4.79 Å². The van der Waals surface area contributed by atoms with Crippen LogP contribution in [0, 0.1) is 12.3 Å². The Labute approximate surface area is 100 Å². The van der Waals surface area contributed by atoms with Crippen molar-refractivity contribution in [2.24, 2.45) is 0 Å². The molecule has 1 aliphatic rings. The van der Waals surface area contributed by atoms with Gasteiger partial charge in [-0.05, 0) is 31.4 Å². The van der Waals surface area contributed by atoms with Gasteiger partial charge in [-0.2, -0.15) is 0 Å². The molecule has 1 aromatic heterocycles. The molecular weight excluding hydrogens is 216 g/mol. The van der Waals surface area contributed by atoms with E-state index in [1.54, 1.807) is 13.3 Å². The van der Waals surface area contributed by atoms with Gasteiger partial charge in [0.1, 0.15) is 0 Å². The summed E-state index contributed by atoms with van der Waals surface area (Å²) in [7, 11) is 1.75. The fourth-order valence-corrected chi connectivity index (χ4v) is 2.12. The molecule has 0 amide bonds. The van der Waals surface area contributed by atoms with Crippen molar-refractivity contribution >= 4 is 17.2 Å². The van der Waals surface area contributed by atoms with Crippen LogP contribution in [0.4, 0.5) is 0 Å². The van der Waals surface area contributed by atoms with Gasteiger partial charge in [0.2, 0.25) is 0 Å². The van der Waals surface area contributed by atoms with Crippen molar-refractivity contribution in [1.82, 2.24) is 5.32 Å². The molecule has 4 heteroatoms. The van der Waals surface area contributed by atoms with Gasteiger partial charge in [0.05, 0.1) is 17.5 Å². The lowest BCUT2D eigenvalue weighted by Gasteiger charge is -2.18. The molecule has 2 rings (SSSR count). The molecule has 0 unspecified atom stereocenters. The molecule has 1 aliphatic carbocycles. The van der Waals surface area contributed by atoms with Gasteiger partial charge < -0.3 is 15.1 Å². The standard InChI is InChI=1S/C13H16N2O2/c1-8-6-7-17-13(8)12(15-2)11-9(14)4-3-5-10(11)16/h6-7,14-15H,3-5H2,1-2H3/b12-11+,14-9?. The second-order valence-electron chi connectivity index (χ2n) is 4.19. The number of carbonyl (C=O) groups excluding carboxylic acids is 1. The van der Waals surface area contributed by atoms with Crippen molar-refractivity contribution in [1.29, 1.82) is 5.41 Å². The van der Waals surface area contributed by atoms with Crippen LogP contribution >= 0.6 is 0 Å². The number of carbonyl (C=O) groups is 1. The number of hydrogen-bond donors (Lipinski definition) is 2. The molecule has 4 nitrogen and oxygen atoms in total. The average Bonchev–Trinajstić information content (AvgIpc) is 2.70. The Morgan fingerprint density at radius 2 is 2.24 bits per heavy atom. The highest BCUT2D eigenvalue weighted by Crippen LogP contribution is 2.26. The topological polar surface area (TPSA) is 66.1 Å². The van der Waals surface area contributed by atoms with E-state index in [1.165, 1.54) is 0 Å². The van der Waals surface area contributed by atoms with Gasteiger partial charge in [0.15, 0.2) is 11.5 Å². The first-order valence-corrected chi connectivity index (χ1v) is 5.72. The molecule has 1 fully saturated rings. The maximum Gasteiger partial charge on any atom is 0.166 e. The van der Waals surface area contributed by atoms with E-state index in [0.717, 1.165) is 12.0 Å². The number of furan rings is 1. The predicted molar refractivity (Wildman–Crippen MR) is 66.0 cm³/mol. The summed E-state index contributed by atoms with van der Waals surface area (Å²) < 4.78 is 5.40. The maximum atomic E-state index is 11.9. The summed E-state index contributed by atoms with van der Waals surface area (Å²) in [5.41, 5.74) is 2.49. The fraction of sp³-hybridized carbons (Fsp3) is 0.385. The van der Waals surface area contributed by atoms with Crippen molar-refractivity contribution in [2.75, 3.05) is 7.05 Å². The molecule has 1 aromatic rings. The van der Waals surface area contributed by atoms with Gasteiger partial charge in [-0.25, -0.2) is 0 Å². The molecule has 0 aromatic carbocycles. The molecule has 17 heavy (non-hydrogen) atoms. The first kappa shape index (κ1) is 11.6. The van der Waals surface area contributed by atoms with Gasteiger partial charge in [-0.3, -0.25) is 4.79 Å². The molecular formula is C13H16N2O2. The van der Waals surface area contributed by atoms with E-state index in [1.807, 2.05) is 13.0 Å². The summed E-state index contributed by atoms with van der Waals surface area (Å²) in [6.45, 7) is 1.92. The first-order chi connectivity index (χ1) is 8.15. The Morgan fingerprint density at radius 3 is 2.76 bits per heavy atom. The van der Waals surface area contributed by atoms with Crippen LogP contribution in [-0.2, 0) is 4.79 Å². The van der Waals surface area contributed by atoms with Crippen LogP contribution < -0.4 is 5.32 Å². The number of ketones is 1. The Balaban J connectivity index is 2.56. The first-order valence-electron chi connectivity index (χ1n) is 5.72. The smallest absolute Gasteiger partial charge is 0.166 e. The Morgan fingerprint density at radius 1 is 1.47 bits per heavy atom. The number of Topliss-reactive ketones (excluding diaryl/α,β-unsaturated/α-hetero) is 1. The van der Waals surface area contributed by atoms with Crippen LogP contribution in [-0.4, -0.2) is 18.5 Å². The highest BCUT2D eigenvalue weighted by Gasteiger charge is 2.26. The number of aryl methyl sites for hydroxylation is 1. The summed E-state index contributed by atoms with van der Waals surface area (Å²) in [6.07, 6.45) is 3.55. The number of allylic oxidation sites excluding steroid dienone is 1. The number of rotatable bonds is 2. The van der Waals surface area contributed by atoms with E-state index >= 15 is 0 Å². The van der Waals surface area contributed by atoms with Gasteiger partial charge in [0, 0.05) is 19.2 Å². The molecule has 0 aliphatic heterocycles. The third kappa shape index (κ3) is 2.02. The minimum atomic E-state index is 0.0291. The lowest BCUT2D eigenvalue weighted by molar-refractivity contribution is -0.115. The highest BCUT2D eigenvalue weighted by atomic mass is 16.3. The quantitative estimate of drug-likeness (QED) is 0.769. The predicted octanol–water partition coefficient (Wildman–Crippen LogP) is 2.29. The summed E-state index contributed by atoms with van der Waals surface area (Å²) in [5, 5.41) is 10.9. The Hall–Kier alpha value is -1.84. The minimum Gasteiger partial charge on any atom is -0.463 e. The molecule has 1 saturated carbocycles. The van der Waals surface area contributed by atoms with Crippen molar-refractivity contribution in [2.45, 2.75) is 26.2 Å². The second-order valence-corrected chi connectivity index (χ2v) is 4.19.